The number of hydrogen-bond acceptors (Lipinski definition) is 3. The van der Waals surface area contributed by atoms with E-state index in [2.05, 4.69) is 19.0 Å². The maximum atomic E-state index is 12.4. The molecule has 1 aliphatic carbocycles. The third-order valence-electron chi connectivity index (χ3n) is 3.96. The molecule has 4 nitrogen and oxygen atoms in total. The maximum Gasteiger partial charge on any atom is 0.229 e. The molecule has 1 saturated carbocycles. The number of nitrogens with two attached hydrogens (primary N) is 1. The summed E-state index contributed by atoms with van der Waals surface area (Å²) in [6, 6.07) is 0.0336. The standard InChI is InChI=1S/C13H27N3O/c1-13(8-5-7-11(13)14)12(17)16(4)10-6-9-15(2)3/h11H,5-10,14H2,1-4H3. The first-order valence-electron chi connectivity index (χ1n) is 6.54. The van der Waals surface area contributed by atoms with Gasteiger partial charge in [-0.15, -0.1) is 0 Å². The Morgan fingerprint density at radius 3 is 2.47 bits per heavy atom. The molecule has 0 aromatic heterocycles. The van der Waals surface area contributed by atoms with Gasteiger partial charge in [0.25, 0.3) is 0 Å². The summed E-state index contributed by atoms with van der Waals surface area (Å²) in [5.41, 5.74) is 5.75. The van der Waals surface area contributed by atoms with Gasteiger partial charge in [-0.1, -0.05) is 6.42 Å². The molecular formula is C13H27N3O. The van der Waals surface area contributed by atoms with Crippen molar-refractivity contribution in [3.63, 3.8) is 0 Å². The second kappa shape index (κ2) is 5.83. The Morgan fingerprint density at radius 2 is 2.00 bits per heavy atom. The minimum absolute atomic E-state index is 0.0336. The Labute approximate surface area is 105 Å². The molecule has 1 amide bonds. The summed E-state index contributed by atoms with van der Waals surface area (Å²) in [7, 11) is 6.00. The zero-order valence-corrected chi connectivity index (χ0v) is 11.7. The zero-order valence-electron chi connectivity index (χ0n) is 11.7. The molecule has 4 heteroatoms. The van der Waals surface area contributed by atoms with Gasteiger partial charge in [-0.3, -0.25) is 4.79 Å². The van der Waals surface area contributed by atoms with E-state index in [0.717, 1.165) is 38.8 Å². The smallest absolute Gasteiger partial charge is 0.229 e. The van der Waals surface area contributed by atoms with Crippen LogP contribution < -0.4 is 5.73 Å². The topological polar surface area (TPSA) is 49.6 Å². The van der Waals surface area contributed by atoms with Crippen LogP contribution in [0.15, 0.2) is 0 Å². The van der Waals surface area contributed by atoms with E-state index in [0.29, 0.717) is 0 Å². The SMILES string of the molecule is CN(C)CCCN(C)C(=O)C1(C)CCCC1N. The van der Waals surface area contributed by atoms with Crippen molar-refractivity contribution in [3.05, 3.63) is 0 Å². The first kappa shape index (κ1) is 14.5. The molecule has 0 heterocycles. The van der Waals surface area contributed by atoms with Gasteiger partial charge in [0, 0.05) is 19.6 Å². The third-order valence-corrected chi connectivity index (χ3v) is 3.96. The Kier molecular flexibility index (Phi) is 4.95. The van der Waals surface area contributed by atoms with Crippen molar-refractivity contribution in [2.24, 2.45) is 11.1 Å². The lowest BCUT2D eigenvalue weighted by Gasteiger charge is -2.32. The van der Waals surface area contributed by atoms with Gasteiger partial charge in [0.1, 0.15) is 0 Å². The van der Waals surface area contributed by atoms with Crippen LogP contribution in [0.1, 0.15) is 32.6 Å². The Hall–Kier alpha value is -0.610. The van der Waals surface area contributed by atoms with E-state index >= 15 is 0 Å². The highest BCUT2D eigenvalue weighted by atomic mass is 16.2. The van der Waals surface area contributed by atoms with E-state index < -0.39 is 0 Å². The summed E-state index contributed by atoms with van der Waals surface area (Å²) >= 11 is 0. The molecule has 2 unspecified atom stereocenters. The third kappa shape index (κ3) is 3.42. The number of amides is 1. The van der Waals surface area contributed by atoms with Crippen LogP contribution >= 0.6 is 0 Å². The second-order valence-electron chi connectivity index (χ2n) is 5.80. The van der Waals surface area contributed by atoms with Crippen molar-refractivity contribution in [1.29, 1.82) is 0 Å². The summed E-state index contributed by atoms with van der Waals surface area (Å²) in [5, 5.41) is 0. The average Bonchev–Trinajstić information content (AvgIpc) is 2.58. The first-order valence-corrected chi connectivity index (χ1v) is 6.54. The molecule has 2 atom stereocenters. The summed E-state index contributed by atoms with van der Waals surface area (Å²) in [6.07, 6.45) is 4.01. The highest BCUT2D eigenvalue weighted by Gasteiger charge is 2.44. The number of hydrogen-bond donors (Lipinski definition) is 1. The predicted molar refractivity (Wildman–Crippen MR) is 70.7 cm³/mol. The summed E-state index contributed by atoms with van der Waals surface area (Å²) < 4.78 is 0. The first-order chi connectivity index (χ1) is 7.88. The molecule has 100 valence electrons. The van der Waals surface area contributed by atoms with Crippen LogP contribution in [0.3, 0.4) is 0 Å². The Bertz CT molecular complexity index is 267. The molecule has 0 aromatic carbocycles. The van der Waals surface area contributed by atoms with Gasteiger partial charge in [0.2, 0.25) is 5.91 Å². The predicted octanol–water partition coefficient (Wildman–Crippen LogP) is 0.914. The van der Waals surface area contributed by atoms with Gasteiger partial charge >= 0.3 is 0 Å². The Morgan fingerprint density at radius 1 is 1.35 bits per heavy atom. The van der Waals surface area contributed by atoms with Crippen LogP contribution in [0.2, 0.25) is 0 Å². The van der Waals surface area contributed by atoms with Crippen LogP contribution in [-0.2, 0) is 4.79 Å². The molecule has 2 N–H and O–H groups in total. The van der Waals surface area contributed by atoms with Crippen LogP contribution in [0.5, 0.6) is 0 Å². The van der Waals surface area contributed by atoms with E-state index in [-0.39, 0.29) is 17.4 Å². The van der Waals surface area contributed by atoms with Crippen molar-refractivity contribution in [2.45, 2.75) is 38.6 Å². The van der Waals surface area contributed by atoms with Gasteiger partial charge in [-0.2, -0.15) is 0 Å². The van der Waals surface area contributed by atoms with E-state index in [1.54, 1.807) is 0 Å². The maximum absolute atomic E-state index is 12.4. The number of carbonyl (C=O) groups excluding carboxylic acids is 1. The quantitative estimate of drug-likeness (QED) is 0.778. The molecule has 0 saturated heterocycles. The second-order valence-corrected chi connectivity index (χ2v) is 5.80. The lowest BCUT2D eigenvalue weighted by atomic mass is 9.83. The molecule has 17 heavy (non-hydrogen) atoms. The zero-order chi connectivity index (χ0) is 13.1. The summed E-state index contributed by atoms with van der Waals surface area (Å²) in [6.45, 7) is 3.86. The highest BCUT2D eigenvalue weighted by Crippen LogP contribution is 2.38. The summed E-state index contributed by atoms with van der Waals surface area (Å²) in [4.78, 5) is 16.4. The minimum Gasteiger partial charge on any atom is -0.345 e. The average molecular weight is 241 g/mol. The largest absolute Gasteiger partial charge is 0.345 e. The van der Waals surface area contributed by atoms with E-state index in [1.165, 1.54) is 0 Å². The summed E-state index contributed by atoms with van der Waals surface area (Å²) in [5.74, 6) is 0.223. The molecule has 1 rings (SSSR count). The van der Waals surface area contributed by atoms with Crippen LogP contribution in [-0.4, -0.2) is 56.0 Å². The van der Waals surface area contributed by atoms with Crippen molar-refractivity contribution >= 4 is 5.91 Å². The van der Waals surface area contributed by atoms with Gasteiger partial charge < -0.3 is 15.5 Å². The number of carbonyl (C=O) groups is 1. The normalized spacial score (nSPS) is 28.7. The van der Waals surface area contributed by atoms with Crippen LogP contribution in [0, 0.1) is 5.41 Å². The van der Waals surface area contributed by atoms with Gasteiger partial charge in [0.15, 0.2) is 0 Å². The molecular weight excluding hydrogens is 214 g/mol. The monoisotopic (exact) mass is 241 g/mol. The van der Waals surface area contributed by atoms with E-state index in [9.17, 15) is 4.79 Å². The lowest BCUT2D eigenvalue weighted by molar-refractivity contribution is -0.140. The minimum atomic E-state index is -0.327. The molecule has 0 aliphatic heterocycles. The molecule has 0 bridgehead atoms. The lowest BCUT2D eigenvalue weighted by Crippen LogP contribution is -2.48. The van der Waals surface area contributed by atoms with Crippen molar-refractivity contribution in [3.8, 4) is 0 Å². The fourth-order valence-corrected chi connectivity index (χ4v) is 2.62. The van der Waals surface area contributed by atoms with Crippen LogP contribution in [0.4, 0.5) is 0 Å². The van der Waals surface area contributed by atoms with Gasteiger partial charge in [0.05, 0.1) is 5.41 Å². The fourth-order valence-electron chi connectivity index (χ4n) is 2.62. The molecule has 0 aromatic rings. The van der Waals surface area contributed by atoms with Gasteiger partial charge in [-0.05, 0) is 46.8 Å². The number of rotatable bonds is 5. The van der Waals surface area contributed by atoms with Gasteiger partial charge in [-0.25, -0.2) is 0 Å². The fraction of sp³-hybridized carbons (Fsp3) is 0.923. The van der Waals surface area contributed by atoms with Crippen molar-refractivity contribution in [2.75, 3.05) is 34.2 Å². The van der Waals surface area contributed by atoms with E-state index in [1.807, 2.05) is 18.9 Å². The van der Waals surface area contributed by atoms with Crippen LogP contribution in [0.25, 0.3) is 0 Å². The molecule has 1 fully saturated rings. The molecule has 1 aliphatic rings. The van der Waals surface area contributed by atoms with Crippen molar-refractivity contribution < 1.29 is 4.79 Å². The van der Waals surface area contributed by atoms with E-state index in [4.69, 9.17) is 5.73 Å². The van der Waals surface area contributed by atoms with Crippen molar-refractivity contribution in [1.82, 2.24) is 9.80 Å². The molecule has 0 radical (unpaired) electrons. The molecule has 0 spiro atoms. The Balaban J connectivity index is 2.46. The number of nitrogens with zero attached hydrogens (tertiary/aromatic N) is 2. The highest BCUT2D eigenvalue weighted by molar-refractivity contribution is 5.83.